The van der Waals surface area contributed by atoms with Crippen molar-refractivity contribution in [3.8, 4) is 0 Å². The summed E-state index contributed by atoms with van der Waals surface area (Å²) in [7, 11) is 0. The van der Waals surface area contributed by atoms with Crippen LogP contribution in [-0.2, 0) is 11.2 Å². The lowest BCUT2D eigenvalue weighted by Gasteiger charge is -2.21. The van der Waals surface area contributed by atoms with Gasteiger partial charge >= 0.3 is 0 Å². The fourth-order valence-corrected chi connectivity index (χ4v) is 2.72. The minimum absolute atomic E-state index is 0.0525. The molecule has 1 atom stereocenters. The first-order valence-corrected chi connectivity index (χ1v) is 7.17. The highest BCUT2D eigenvalue weighted by atomic mass is 32.1. The lowest BCUT2D eigenvalue weighted by Crippen LogP contribution is -2.46. The fraction of sp³-hybridized carbons (Fsp3) is 0.643. The average molecular weight is 268 g/mol. The zero-order chi connectivity index (χ0) is 13.8. The van der Waals surface area contributed by atoms with Crippen LogP contribution < -0.4 is 10.6 Å². The van der Waals surface area contributed by atoms with Crippen molar-refractivity contribution in [1.29, 1.82) is 0 Å². The van der Waals surface area contributed by atoms with E-state index in [0.717, 1.165) is 6.42 Å². The predicted octanol–water partition coefficient (Wildman–Crippen LogP) is 2.49. The van der Waals surface area contributed by atoms with Crippen LogP contribution >= 0.6 is 11.3 Å². The molecular formula is C14H24N2OS. The SMILES string of the molecule is Cc1ccc(CC(C)NCC(=O)NC(C)(C)C)s1. The van der Waals surface area contributed by atoms with Crippen LogP contribution in [0.25, 0.3) is 0 Å². The van der Waals surface area contributed by atoms with Gasteiger partial charge in [-0.05, 0) is 53.2 Å². The Kier molecular flexibility index (Phi) is 5.35. The van der Waals surface area contributed by atoms with E-state index in [1.165, 1.54) is 9.75 Å². The molecule has 0 saturated heterocycles. The van der Waals surface area contributed by atoms with Crippen LogP contribution in [0.15, 0.2) is 12.1 Å². The van der Waals surface area contributed by atoms with Crippen molar-refractivity contribution in [1.82, 2.24) is 10.6 Å². The van der Waals surface area contributed by atoms with Gasteiger partial charge in [0.05, 0.1) is 6.54 Å². The van der Waals surface area contributed by atoms with Crippen molar-refractivity contribution >= 4 is 17.2 Å². The van der Waals surface area contributed by atoms with Gasteiger partial charge < -0.3 is 10.6 Å². The van der Waals surface area contributed by atoms with Gasteiger partial charge in [0.1, 0.15) is 0 Å². The summed E-state index contributed by atoms with van der Waals surface area (Å²) in [5, 5.41) is 6.20. The number of amides is 1. The Bertz CT molecular complexity index is 393. The molecule has 0 spiro atoms. The molecule has 2 N–H and O–H groups in total. The molecule has 0 saturated carbocycles. The van der Waals surface area contributed by atoms with E-state index < -0.39 is 0 Å². The normalized spacial score (nSPS) is 13.4. The van der Waals surface area contributed by atoms with E-state index in [9.17, 15) is 4.79 Å². The van der Waals surface area contributed by atoms with E-state index in [2.05, 4.69) is 36.6 Å². The Morgan fingerprint density at radius 3 is 2.56 bits per heavy atom. The number of hydrogen-bond donors (Lipinski definition) is 2. The monoisotopic (exact) mass is 268 g/mol. The maximum absolute atomic E-state index is 11.6. The Morgan fingerprint density at radius 1 is 1.39 bits per heavy atom. The molecule has 18 heavy (non-hydrogen) atoms. The van der Waals surface area contributed by atoms with Crippen molar-refractivity contribution in [3.05, 3.63) is 21.9 Å². The van der Waals surface area contributed by atoms with E-state index in [4.69, 9.17) is 0 Å². The van der Waals surface area contributed by atoms with Crippen molar-refractivity contribution in [2.24, 2.45) is 0 Å². The van der Waals surface area contributed by atoms with E-state index in [1.807, 2.05) is 32.1 Å². The maximum Gasteiger partial charge on any atom is 0.234 e. The van der Waals surface area contributed by atoms with Crippen LogP contribution in [-0.4, -0.2) is 24.0 Å². The summed E-state index contributed by atoms with van der Waals surface area (Å²) in [5.74, 6) is 0.0525. The molecule has 1 amide bonds. The highest BCUT2D eigenvalue weighted by Crippen LogP contribution is 2.16. The van der Waals surface area contributed by atoms with Crippen molar-refractivity contribution in [2.45, 2.75) is 52.6 Å². The summed E-state index contributed by atoms with van der Waals surface area (Å²) in [4.78, 5) is 14.3. The topological polar surface area (TPSA) is 41.1 Å². The molecule has 0 aliphatic heterocycles. The van der Waals surface area contributed by atoms with Gasteiger partial charge in [-0.15, -0.1) is 11.3 Å². The number of carbonyl (C=O) groups is 1. The van der Waals surface area contributed by atoms with Gasteiger partial charge in [-0.1, -0.05) is 0 Å². The molecule has 3 nitrogen and oxygen atoms in total. The molecule has 1 aromatic heterocycles. The molecular weight excluding hydrogens is 244 g/mol. The van der Waals surface area contributed by atoms with Gasteiger partial charge in [0.25, 0.3) is 0 Å². The van der Waals surface area contributed by atoms with Gasteiger partial charge in [0.2, 0.25) is 5.91 Å². The second-order valence-corrected chi connectivity index (χ2v) is 7.17. The summed E-state index contributed by atoms with van der Waals surface area (Å²) in [6.45, 7) is 10.6. The van der Waals surface area contributed by atoms with E-state index in [1.54, 1.807) is 0 Å². The fourth-order valence-electron chi connectivity index (χ4n) is 1.70. The molecule has 1 unspecified atom stereocenters. The number of carbonyl (C=O) groups excluding carboxylic acids is 1. The molecule has 0 aliphatic rings. The molecule has 0 bridgehead atoms. The van der Waals surface area contributed by atoms with Crippen molar-refractivity contribution < 1.29 is 4.79 Å². The Morgan fingerprint density at radius 2 is 2.06 bits per heavy atom. The Labute approximate surface area is 114 Å². The van der Waals surface area contributed by atoms with E-state index >= 15 is 0 Å². The average Bonchev–Trinajstić information content (AvgIpc) is 2.58. The first-order valence-electron chi connectivity index (χ1n) is 6.36. The quantitative estimate of drug-likeness (QED) is 0.861. The molecule has 0 aliphatic carbocycles. The third-order valence-corrected chi connectivity index (χ3v) is 3.45. The lowest BCUT2D eigenvalue weighted by atomic mass is 10.1. The van der Waals surface area contributed by atoms with Crippen molar-refractivity contribution in [2.75, 3.05) is 6.54 Å². The summed E-state index contributed by atoms with van der Waals surface area (Å²) in [6, 6.07) is 4.61. The Hall–Kier alpha value is -0.870. The van der Waals surface area contributed by atoms with Gasteiger partial charge in [-0.3, -0.25) is 4.79 Å². The zero-order valence-corrected chi connectivity index (χ0v) is 12.8. The summed E-state index contributed by atoms with van der Waals surface area (Å²) in [6.07, 6.45) is 0.974. The largest absolute Gasteiger partial charge is 0.350 e. The lowest BCUT2D eigenvalue weighted by molar-refractivity contribution is -0.121. The van der Waals surface area contributed by atoms with Crippen molar-refractivity contribution in [3.63, 3.8) is 0 Å². The van der Waals surface area contributed by atoms with Gasteiger partial charge in [-0.25, -0.2) is 0 Å². The second-order valence-electron chi connectivity index (χ2n) is 5.80. The number of hydrogen-bond acceptors (Lipinski definition) is 3. The first kappa shape index (κ1) is 15.2. The van der Waals surface area contributed by atoms with Gasteiger partial charge in [-0.2, -0.15) is 0 Å². The molecule has 0 radical (unpaired) electrons. The number of nitrogens with one attached hydrogen (secondary N) is 2. The zero-order valence-electron chi connectivity index (χ0n) is 12.0. The third kappa shape index (κ3) is 6.17. The molecule has 102 valence electrons. The molecule has 0 aromatic carbocycles. The number of aryl methyl sites for hydroxylation is 1. The number of thiophene rings is 1. The van der Waals surface area contributed by atoms with Crippen LogP contribution in [0.2, 0.25) is 0 Å². The highest BCUT2D eigenvalue weighted by molar-refractivity contribution is 7.11. The Balaban J connectivity index is 2.29. The smallest absolute Gasteiger partial charge is 0.234 e. The summed E-state index contributed by atoms with van der Waals surface area (Å²) in [5.41, 5.74) is -0.160. The third-order valence-electron chi connectivity index (χ3n) is 2.43. The minimum atomic E-state index is -0.160. The van der Waals surface area contributed by atoms with Crippen LogP contribution in [0, 0.1) is 6.92 Å². The van der Waals surface area contributed by atoms with Gasteiger partial charge in [0.15, 0.2) is 0 Å². The molecule has 1 heterocycles. The molecule has 1 aromatic rings. The van der Waals surface area contributed by atoms with Crippen LogP contribution in [0.1, 0.15) is 37.4 Å². The summed E-state index contributed by atoms with van der Waals surface area (Å²) < 4.78 is 0. The highest BCUT2D eigenvalue weighted by Gasteiger charge is 2.14. The summed E-state index contributed by atoms with van der Waals surface area (Å²) >= 11 is 1.82. The standard InChI is InChI=1S/C14H24N2OS/c1-10(8-12-7-6-11(2)18-12)15-9-13(17)16-14(3,4)5/h6-7,10,15H,8-9H2,1-5H3,(H,16,17). The molecule has 0 fully saturated rings. The second kappa shape index (κ2) is 6.34. The van der Waals surface area contributed by atoms with Crippen LogP contribution in [0.5, 0.6) is 0 Å². The molecule has 1 rings (SSSR count). The van der Waals surface area contributed by atoms with E-state index in [-0.39, 0.29) is 11.4 Å². The minimum Gasteiger partial charge on any atom is -0.350 e. The predicted molar refractivity (Wildman–Crippen MR) is 78.1 cm³/mol. The van der Waals surface area contributed by atoms with Gasteiger partial charge in [0, 0.05) is 21.3 Å². The van der Waals surface area contributed by atoms with E-state index in [0.29, 0.717) is 12.6 Å². The molecule has 4 heteroatoms. The van der Waals surface area contributed by atoms with Crippen LogP contribution in [0.4, 0.5) is 0 Å². The number of rotatable bonds is 5. The first-order chi connectivity index (χ1) is 8.26. The maximum atomic E-state index is 11.6. The van der Waals surface area contributed by atoms with Crippen LogP contribution in [0.3, 0.4) is 0 Å².